The summed E-state index contributed by atoms with van der Waals surface area (Å²) < 4.78 is 11.7. The van der Waals surface area contributed by atoms with E-state index in [1.165, 1.54) is 6.20 Å². The molecule has 0 amide bonds. The van der Waals surface area contributed by atoms with Gasteiger partial charge in [-0.25, -0.2) is 4.98 Å². The fourth-order valence-corrected chi connectivity index (χ4v) is 0.649. The Morgan fingerprint density at radius 2 is 2.33 bits per heavy atom. The van der Waals surface area contributed by atoms with Gasteiger partial charge in [0.2, 0.25) is 0 Å². The van der Waals surface area contributed by atoms with Crippen LogP contribution in [0.2, 0.25) is 0 Å². The maximum atomic E-state index is 11.7. The van der Waals surface area contributed by atoms with E-state index >= 15 is 0 Å². The van der Waals surface area contributed by atoms with Crippen molar-refractivity contribution in [2.24, 2.45) is 0 Å². The number of nitrogen functional groups attached to an aromatic ring is 1. The zero-order chi connectivity index (χ0) is 6.69. The van der Waals surface area contributed by atoms with Crippen LogP contribution in [0.5, 0.6) is 0 Å². The van der Waals surface area contributed by atoms with Gasteiger partial charge in [0.1, 0.15) is 5.82 Å². The number of aromatic nitrogens is 1. The quantitative estimate of drug-likeness (QED) is 0.651. The van der Waals surface area contributed by atoms with E-state index in [2.05, 4.69) is 4.98 Å². The summed E-state index contributed by atoms with van der Waals surface area (Å²) in [7, 11) is 0. The monoisotopic (exact) mass is 144 g/mol. The predicted octanol–water partition coefficient (Wildman–Crippen LogP) is 1.64. The average molecular weight is 144 g/mol. The first-order chi connectivity index (χ1) is 4.33. The van der Waals surface area contributed by atoms with Crippen molar-refractivity contribution in [1.82, 2.24) is 4.98 Å². The predicted molar refractivity (Wildman–Crippen MR) is 35.6 cm³/mol. The molecule has 2 N–H and O–H groups in total. The molecule has 0 saturated carbocycles. The van der Waals surface area contributed by atoms with E-state index < -0.39 is 0 Å². The molecular weight excluding hydrogens is 139 g/mol. The van der Waals surface area contributed by atoms with Crippen molar-refractivity contribution < 1.29 is 3.89 Å². The van der Waals surface area contributed by atoms with Crippen molar-refractivity contribution in [3.05, 3.63) is 18.3 Å². The van der Waals surface area contributed by atoms with E-state index in [1.807, 2.05) is 0 Å². The molecule has 0 radical (unpaired) electrons. The first-order valence-electron chi connectivity index (χ1n) is 2.33. The highest BCUT2D eigenvalue weighted by atomic mass is 32.2. The lowest BCUT2D eigenvalue weighted by atomic mass is 10.5. The lowest BCUT2D eigenvalue weighted by Crippen LogP contribution is -1.86. The van der Waals surface area contributed by atoms with Crippen molar-refractivity contribution in [3.8, 4) is 0 Å². The van der Waals surface area contributed by atoms with Crippen LogP contribution in [0.3, 0.4) is 0 Å². The summed E-state index contributed by atoms with van der Waals surface area (Å²) in [6.07, 6.45) is 1.39. The van der Waals surface area contributed by atoms with E-state index in [9.17, 15) is 3.89 Å². The van der Waals surface area contributed by atoms with Gasteiger partial charge in [0.05, 0.1) is 17.0 Å². The Kier molecular flexibility index (Phi) is 1.89. The molecule has 1 heterocycles. The Balaban J connectivity index is 2.88. The molecule has 0 atom stereocenters. The van der Waals surface area contributed by atoms with Crippen LogP contribution in [0.25, 0.3) is 0 Å². The summed E-state index contributed by atoms with van der Waals surface area (Å²) in [5, 5.41) is 0. The molecule has 0 aromatic carbocycles. The number of pyridine rings is 1. The van der Waals surface area contributed by atoms with E-state index in [0.29, 0.717) is 10.7 Å². The molecule has 0 spiro atoms. The third-order valence-corrected chi connectivity index (χ3v) is 1.27. The van der Waals surface area contributed by atoms with Crippen LogP contribution in [0, 0.1) is 0 Å². The van der Waals surface area contributed by atoms with Gasteiger partial charge in [0.15, 0.2) is 0 Å². The summed E-state index contributed by atoms with van der Waals surface area (Å²) in [6, 6.07) is 3.13. The number of rotatable bonds is 1. The van der Waals surface area contributed by atoms with Gasteiger partial charge in [-0.3, -0.25) is 0 Å². The number of hydrogen-bond acceptors (Lipinski definition) is 3. The van der Waals surface area contributed by atoms with Crippen LogP contribution in [0.4, 0.5) is 9.70 Å². The standard InChI is InChI=1S/C5H5FN2S/c6-9-4-1-2-5(7)8-3-4/h1-3H,(H2,7,8). The van der Waals surface area contributed by atoms with Gasteiger partial charge in [0.25, 0.3) is 0 Å². The Morgan fingerprint density at radius 3 is 2.78 bits per heavy atom. The molecule has 0 unspecified atom stereocenters. The summed E-state index contributed by atoms with van der Waals surface area (Å²) in [5.41, 5.74) is 5.24. The highest BCUT2D eigenvalue weighted by Crippen LogP contribution is 2.17. The van der Waals surface area contributed by atoms with Crippen molar-refractivity contribution in [2.75, 3.05) is 5.73 Å². The van der Waals surface area contributed by atoms with Gasteiger partial charge in [-0.2, -0.15) is 3.89 Å². The summed E-state index contributed by atoms with van der Waals surface area (Å²) in [5.74, 6) is 0.410. The molecule has 4 heteroatoms. The van der Waals surface area contributed by atoms with Crippen LogP contribution in [0.15, 0.2) is 23.2 Å². The number of anilines is 1. The topological polar surface area (TPSA) is 38.9 Å². The highest BCUT2D eigenvalue weighted by Gasteiger charge is 1.90. The molecule has 0 fully saturated rings. The summed E-state index contributed by atoms with van der Waals surface area (Å²) in [6.45, 7) is 0. The second-order valence-corrected chi connectivity index (χ2v) is 2.12. The molecule has 9 heavy (non-hydrogen) atoms. The number of nitrogens with zero attached hydrogens (tertiary/aromatic N) is 1. The molecule has 0 saturated heterocycles. The highest BCUT2D eigenvalue weighted by molar-refractivity contribution is 7.94. The maximum absolute atomic E-state index is 11.7. The van der Waals surface area contributed by atoms with Gasteiger partial charge in [0, 0.05) is 6.20 Å². The van der Waals surface area contributed by atoms with Crippen LogP contribution >= 0.6 is 12.1 Å². The second kappa shape index (κ2) is 2.68. The molecule has 1 aromatic rings. The SMILES string of the molecule is Nc1ccc(SF)cn1. The first kappa shape index (κ1) is 6.35. The number of nitrogens with two attached hydrogens (primary N) is 1. The van der Waals surface area contributed by atoms with Crippen LogP contribution in [-0.2, 0) is 0 Å². The lowest BCUT2D eigenvalue weighted by molar-refractivity contribution is 0.932. The third kappa shape index (κ3) is 1.57. The van der Waals surface area contributed by atoms with Gasteiger partial charge >= 0.3 is 0 Å². The molecule has 0 aliphatic carbocycles. The van der Waals surface area contributed by atoms with E-state index in [4.69, 9.17) is 5.73 Å². The van der Waals surface area contributed by atoms with Crippen molar-refractivity contribution in [1.29, 1.82) is 0 Å². The lowest BCUT2D eigenvalue weighted by Gasteiger charge is -1.90. The van der Waals surface area contributed by atoms with Crippen LogP contribution < -0.4 is 5.73 Å². The van der Waals surface area contributed by atoms with Crippen molar-refractivity contribution >= 4 is 18.0 Å². The number of halogens is 1. The van der Waals surface area contributed by atoms with E-state index in [1.54, 1.807) is 12.1 Å². The fourth-order valence-electron chi connectivity index (χ4n) is 0.437. The van der Waals surface area contributed by atoms with Gasteiger partial charge in [-0.05, 0) is 12.1 Å². The van der Waals surface area contributed by atoms with Crippen molar-refractivity contribution in [3.63, 3.8) is 0 Å². The molecule has 0 aliphatic rings. The molecule has 0 bridgehead atoms. The second-order valence-electron chi connectivity index (χ2n) is 1.50. The molecule has 0 aliphatic heterocycles. The van der Waals surface area contributed by atoms with Crippen molar-refractivity contribution in [2.45, 2.75) is 4.90 Å². The molecule has 1 aromatic heterocycles. The summed E-state index contributed by atoms with van der Waals surface area (Å²) in [4.78, 5) is 4.14. The Morgan fingerprint density at radius 1 is 1.56 bits per heavy atom. The molecule has 1 rings (SSSR count). The van der Waals surface area contributed by atoms with Gasteiger partial charge < -0.3 is 5.73 Å². The van der Waals surface area contributed by atoms with Crippen LogP contribution in [0.1, 0.15) is 0 Å². The fraction of sp³-hybridized carbons (Fsp3) is 0. The van der Waals surface area contributed by atoms with E-state index in [-0.39, 0.29) is 12.1 Å². The van der Waals surface area contributed by atoms with Gasteiger partial charge in [-0.15, -0.1) is 0 Å². The smallest absolute Gasteiger partial charge is 0.123 e. The normalized spacial score (nSPS) is 9.44. The summed E-state index contributed by atoms with van der Waals surface area (Å²) >= 11 is 0.159. The zero-order valence-electron chi connectivity index (χ0n) is 4.54. The average Bonchev–Trinajstić information content (AvgIpc) is 1.90. The van der Waals surface area contributed by atoms with E-state index in [0.717, 1.165) is 0 Å². The zero-order valence-corrected chi connectivity index (χ0v) is 5.36. The Labute approximate surface area is 56.6 Å². The molecule has 2 nitrogen and oxygen atoms in total. The Bertz CT molecular complexity index is 187. The first-order valence-corrected chi connectivity index (χ1v) is 3.05. The van der Waals surface area contributed by atoms with Gasteiger partial charge in [-0.1, -0.05) is 0 Å². The number of hydrogen-bond donors (Lipinski definition) is 1. The largest absolute Gasteiger partial charge is 0.384 e. The van der Waals surface area contributed by atoms with Crippen LogP contribution in [-0.4, -0.2) is 4.98 Å². The molecular formula is C5H5FN2S. The Hall–Kier alpha value is -0.770. The minimum absolute atomic E-state index is 0.159. The third-order valence-electron chi connectivity index (χ3n) is 0.848. The minimum atomic E-state index is 0.159. The maximum Gasteiger partial charge on any atom is 0.123 e. The minimum Gasteiger partial charge on any atom is -0.384 e. The molecule has 48 valence electrons.